The number of benzene rings is 3. The molecule has 0 spiro atoms. The Bertz CT molecular complexity index is 1050. The minimum Gasteiger partial charge on any atom is -0.478 e. The third kappa shape index (κ3) is 2.61. The zero-order chi connectivity index (χ0) is 18.3. The second-order valence-corrected chi connectivity index (χ2v) is 5.73. The fraction of sp³-hybridized carbons (Fsp3) is 0. The van der Waals surface area contributed by atoms with Gasteiger partial charge in [-0.1, -0.05) is 36.4 Å². The molecule has 4 rings (SSSR count). The number of anilines is 2. The minimum atomic E-state index is -1.27. The zero-order valence-electron chi connectivity index (χ0n) is 13.3. The molecule has 0 amide bonds. The molecule has 0 aromatic heterocycles. The van der Waals surface area contributed by atoms with E-state index in [4.69, 9.17) is 4.74 Å². The van der Waals surface area contributed by atoms with Gasteiger partial charge < -0.3 is 15.2 Å². The first-order valence-electron chi connectivity index (χ1n) is 7.73. The molecule has 1 aliphatic heterocycles. The summed E-state index contributed by atoms with van der Waals surface area (Å²) in [6.45, 7) is 0. The summed E-state index contributed by atoms with van der Waals surface area (Å²) in [6.07, 6.45) is 0. The highest BCUT2D eigenvalue weighted by molar-refractivity contribution is 5.99. The number of rotatable bonds is 3. The normalized spacial score (nSPS) is 11.5. The molecule has 128 valence electrons. The van der Waals surface area contributed by atoms with E-state index in [2.05, 4.69) is 5.32 Å². The van der Waals surface area contributed by atoms with E-state index in [0.29, 0.717) is 11.4 Å². The van der Waals surface area contributed by atoms with E-state index in [0.717, 1.165) is 17.2 Å². The maximum absolute atomic E-state index is 11.5. The standard InChI is InChI=1S/C19H12N2O5/c22-19(23)14-9-13(21(24)25)10-17-18(14)20-15-8-12(6-7-16(15)26-17)11-4-2-1-3-5-11/h1-10,20H,(H,22,23). The van der Waals surface area contributed by atoms with Crippen molar-refractivity contribution in [2.75, 3.05) is 5.32 Å². The Labute approximate surface area is 147 Å². The monoisotopic (exact) mass is 348 g/mol. The Morgan fingerprint density at radius 1 is 1.00 bits per heavy atom. The SMILES string of the molecule is O=C(O)c1cc([N+](=O)[O-])cc2c1Nc1cc(-c3ccccc3)ccc1O2. The number of hydrogen-bond acceptors (Lipinski definition) is 5. The van der Waals surface area contributed by atoms with Crippen molar-refractivity contribution in [3.05, 3.63) is 76.3 Å². The van der Waals surface area contributed by atoms with Gasteiger partial charge >= 0.3 is 5.97 Å². The predicted molar refractivity (Wildman–Crippen MR) is 95.3 cm³/mol. The van der Waals surface area contributed by atoms with Gasteiger partial charge in [0, 0.05) is 6.07 Å². The van der Waals surface area contributed by atoms with Gasteiger partial charge in [-0.2, -0.15) is 0 Å². The molecular weight excluding hydrogens is 336 g/mol. The number of fused-ring (bicyclic) bond motifs is 2. The molecule has 0 radical (unpaired) electrons. The second kappa shape index (κ2) is 5.89. The molecule has 26 heavy (non-hydrogen) atoms. The number of nitro groups is 1. The average Bonchev–Trinajstić information content (AvgIpc) is 2.65. The lowest BCUT2D eigenvalue weighted by Gasteiger charge is -2.23. The van der Waals surface area contributed by atoms with E-state index in [1.165, 1.54) is 6.07 Å². The van der Waals surface area contributed by atoms with Gasteiger partial charge in [0.1, 0.15) is 0 Å². The molecule has 0 saturated heterocycles. The number of nitrogens with one attached hydrogen (secondary N) is 1. The Hall–Kier alpha value is -3.87. The van der Waals surface area contributed by atoms with E-state index in [9.17, 15) is 20.0 Å². The van der Waals surface area contributed by atoms with Crippen molar-refractivity contribution in [2.24, 2.45) is 0 Å². The molecule has 0 unspecified atom stereocenters. The van der Waals surface area contributed by atoms with Gasteiger partial charge in [0.25, 0.3) is 5.69 Å². The van der Waals surface area contributed by atoms with E-state index < -0.39 is 10.9 Å². The summed E-state index contributed by atoms with van der Waals surface area (Å²) in [4.78, 5) is 21.9. The molecule has 1 aliphatic rings. The lowest BCUT2D eigenvalue weighted by atomic mass is 10.0. The highest BCUT2D eigenvalue weighted by atomic mass is 16.6. The average molecular weight is 348 g/mol. The van der Waals surface area contributed by atoms with Crippen LogP contribution in [0.2, 0.25) is 0 Å². The first-order chi connectivity index (χ1) is 12.5. The van der Waals surface area contributed by atoms with Crippen LogP contribution >= 0.6 is 0 Å². The molecule has 2 N–H and O–H groups in total. The summed E-state index contributed by atoms with van der Waals surface area (Å²) >= 11 is 0. The van der Waals surface area contributed by atoms with Gasteiger partial charge in [0.05, 0.1) is 27.9 Å². The van der Waals surface area contributed by atoms with Crippen LogP contribution in [0, 0.1) is 10.1 Å². The molecule has 0 saturated carbocycles. The number of nitrogens with zero attached hydrogens (tertiary/aromatic N) is 1. The topological polar surface area (TPSA) is 102 Å². The molecule has 7 nitrogen and oxygen atoms in total. The maximum atomic E-state index is 11.5. The highest BCUT2D eigenvalue weighted by Crippen LogP contribution is 2.46. The Kier molecular flexibility index (Phi) is 3.54. The number of carboxylic acid groups (broad SMARTS) is 1. The van der Waals surface area contributed by atoms with Crippen LogP contribution in [0.4, 0.5) is 17.1 Å². The summed E-state index contributed by atoms with van der Waals surface area (Å²) in [6, 6.07) is 17.4. The van der Waals surface area contributed by atoms with E-state index >= 15 is 0 Å². The molecule has 1 heterocycles. The van der Waals surface area contributed by atoms with Crippen molar-refractivity contribution in [3.63, 3.8) is 0 Å². The van der Waals surface area contributed by atoms with E-state index in [1.54, 1.807) is 6.07 Å². The van der Waals surface area contributed by atoms with Crippen molar-refractivity contribution < 1.29 is 19.6 Å². The smallest absolute Gasteiger partial charge is 0.338 e. The quantitative estimate of drug-likeness (QED) is 0.407. The lowest BCUT2D eigenvalue weighted by molar-refractivity contribution is -0.384. The van der Waals surface area contributed by atoms with Crippen LogP contribution in [-0.4, -0.2) is 16.0 Å². The molecule has 7 heteroatoms. The molecule has 0 atom stereocenters. The van der Waals surface area contributed by atoms with Gasteiger partial charge in [-0.15, -0.1) is 0 Å². The van der Waals surface area contributed by atoms with E-state index in [1.807, 2.05) is 42.5 Å². The molecule has 0 bridgehead atoms. The van der Waals surface area contributed by atoms with Crippen molar-refractivity contribution in [1.29, 1.82) is 0 Å². The molecular formula is C19H12N2O5. The fourth-order valence-corrected chi connectivity index (χ4v) is 2.86. The molecule has 0 aliphatic carbocycles. The fourth-order valence-electron chi connectivity index (χ4n) is 2.86. The second-order valence-electron chi connectivity index (χ2n) is 5.73. The molecule has 3 aromatic rings. The number of carbonyl (C=O) groups is 1. The Morgan fingerprint density at radius 3 is 2.46 bits per heavy atom. The Balaban J connectivity index is 1.81. The highest BCUT2D eigenvalue weighted by Gasteiger charge is 2.26. The largest absolute Gasteiger partial charge is 0.478 e. The van der Waals surface area contributed by atoms with Crippen molar-refractivity contribution in [1.82, 2.24) is 0 Å². The first-order valence-corrected chi connectivity index (χ1v) is 7.73. The molecule has 0 fully saturated rings. The predicted octanol–water partition coefficient (Wildman–Crippen LogP) is 4.81. The summed E-state index contributed by atoms with van der Waals surface area (Å²) in [5, 5.41) is 23.5. The van der Waals surface area contributed by atoms with Gasteiger partial charge in [-0.25, -0.2) is 4.79 Å². The third-order valence-corrected chi connectivity index (χ3v) is 4.09. The lowest BCUT2D eigenvalue weighted by Crippen LogP contribution is -2.10. The summed E-state index contributed by atoms with van der Waals surface area (Å²) < 4.78 is 5.72. The van der Waals surface area contributed by atoms with Gasteiger partial charge in [0.15, 0.2) is 11.5 Å². The van der Waals surface area contributed by atoms with Crippen LogP contribution in [-0.2, 0) is 0 Å². The van der Waals surface area contributed by atoms with Crippen LogP contribution in [0.15, 0.2) is 60.7 Å². The van der Waals surface area contributed by atoms with Crippen LogP contribution in [0.1, 0.15) is 10.4 Å². The number of aromatic carboxylic acids is 1. The number of carboxylic acids is 1. The number of hydrogen-bond donors (Lipinski definition) is 2. The third-order valence-electron chi connectivity index (χ3n) is 4.09. The van der Waals surface area contributed by atoms with Crippen LogP contribution in [0.25, 0.3) is 11.1 Å². The van der Waals surface area contributed by atoms with Gasteiger partial charge in [-0.05, 0) is 23.3 Å². The first kappa shape index (κ1) is 15.6. The number of non-ortho nitro benzene ring substituents is 1. The number of ether oxygens (including phenoxy) is 1. The van der Waals surface area contributed by atoms with Gasteiger partial charge in [-0.3, -0.25) is 10.1 Å². The minimum absolute atomic E-state index is 0.108. The summed E-state index contributed by atoms with van der Waals surface area (Å²) in [5.74, 6) is -0.700. The van der Waals surface area contributed by atoms with Crippen LogP contribution in [0.5, 0.6) is 11.5 Å². The van der Waals surface area contributed by atoms with Crippen molar-refractivity contribution in [3.8, 4) is 22.6 Å². The molecule has 3 aromatic carbocycles. The van der Waals surface area contributed by atoms with Crippen molar-refractivity contribution >= 4 is 23.0 Å². The van der Waals surface area contributed by atoms with Crippen LogP contribution in [0.3, 0.4) is 0 Å². The summed E-state index contributed by atoms with van der Waals surface area (Å²) in [7, 11) is 0. The Morgan fingerprint density at radius 2 is 1.77 bits per heavy atom. The van der Waals surface area contributed by atoms with Crippen LogP contribution < -0.4 is 10.1 Å². The number of nitro benzene ring substituents is 1. The zero-order valence-corrected chi connectivity index (χ0v) is 13.3. The summed E-state index contributed by atoms with van der Waals surface area (Å²) in [5.41, 5.74) is 2.17. The van der Waals surface area contributed by atoms with Crippen molar-refractivity contribution in [2.45, 2.75) is 0 Å². The van der Waals surface area contributed by atoms with E-state index in [-0.39, 0.29) is 22.7 Å². The maximum Gasteiger partial charge on any atom is 0.338 e. The van der Waals surface area contributed by atoms with Gasteiger partial charge in [0.2, 0.25) is 0 Å².